The van der Waals surface area contributed by atoms with Gasteiger partial charge in [-0.1, -0.05) is 15.9 Å². The van der Waals surface area contributed by atoms with E-state index in [1.807, 2.05) is 25.1 Å². The lowest BCUT2D eigenvalue weighted by molar-refractivity contribution is 0.416. The van der Waals surface area contributed by atoms with Crippen LogP contribution in [0, 0.1) is 6.92 Å². The van der Waals surface area contributed by atoms with Crippen LogP contribution in [0.3, 0.4) is 0 Å². The van der Waals surface area contributed by atoms with Gasteiger partial charge in [-0.3, -0.25) is 5.10 Å². The van der Waals surface area contributed by atoms with Crippen molar-refractivity contribution in [2.45, 2.75) is 6.92 Å². The fourth-order valence-corrected chi connectivity index (χ4v) is 1.91. The van der Waals surface area contributed by atoms with Crippen molar-refractivity contribution >= 4 is 21.7 Å². The maximum Gasteiger partial charge on any atom is 0.148 e. The molecule has 0 amide bonds. The molecule has 0 aliphatic heterocycles. The number of methoxy groups -OCH3 is 1. The van der Waals surface area contributed by atoms with E-state index in [-0.39, 0.29) is 0 Å². The van der Waals surface area contributed by atoms with Crippen LogP contribution in [0.5, 0.6) is 5.75 Å². The summed E-state index contributed by atoms with van der Waals surface area (Å²) in [5.74, 6) is 1.30. The lowest BCUT2D eigenvalue weighted by atomic mass is 10.1. The Morgan fingerprint density at radius 1 is 1.44 bits per heavy atom. The fourth-order valence-electron chi connectivity index (χ4n) is 1.55. The number of aromatic nitrogens is 2. The molecule has 84 valence electrons. The zero-order chi connectivity index (χ0) is 11.7. The van der Waals surface area contributed by atoms with Crippen LogP contribution in [0.2, 0.25) is 0 Å². The molecule has 4 nitrogen and oxygen atoms in total. The topological polar surface area (TPSA) is 63.9 Å². The fraction of sp³-hybridized carbons (Fsp3) is 0.182. The Hall–Kier alpha value is -1.49. The normalized spacial score (nSPS) is 10.4. The van der Waals surface area contributed by atoms with E-state index >= 15 is 0 Å². The third-order valence-electron chi connectivity index (χ3n) is 2.48. The lowest BCUT2D eigenvalue weighted by Crippen LogP contribution is -1.90. The SMILES string of the molecule is COc1ccc(Br)cc1-c1[nH]nc(N)c1C. The summed E-state index contributed by atoms with van der Waals surface area (Å²) >= 11 is 3.43. The third kappa shape index (κ3) is 1.78. The molecule has 0 unspecified atom stereocenters. The van der Waals surface area contributed by atoms with Gasteiger partial charge in [0.2, 0.25) is 0 Å². The Bertz CT molecular complexity index is 522. The van der Waals surface area contributed by atoms with Gasteiger partial charge < -0.3 is 10.5 Å². The van der Waals surface area contributed by atoms with E-state index in [9.17, 15) is 0 Å². The summed E-state index contributed by atoms with van der Waals surface area (Å²) < 4.78 is 6.29. The Morgan fingerprint density at radius 3 is 2.75 bits per heavy atom. The van der Waals surface area contributed by atoms with Crippen molar-refractivity contribution in [3.05, 3.63) is 28.2 Å². The molecule has 0 atom stereocenters. The largest absolute Gasteiger partial charge is 0.496 e. The second kappa shape index (κ2) is 4.17. The lowest BCUT2D eigenvalue weighted by Gasteiger charge is -2.08. The highest BCUT2D eigenvalue weighted by atomic mass is 79.9. The number of H-pyrrole nitrogens is 1. The molecular weight excluding hydrogens is 270 g/mol. The summed E-state index contributed by atoms with van der Waals surface area (Å²) in [4.78, 5) is 0. The molecule has 0 saturated carbocycles. The molecule has 0 fully saturated rings. The minimum atomic E-state index is 0.511. The highest BCUT2D eigenvalue weighted by Crippen LogP contribution is 2.34. The van der Waals surface area contributed by atoms with E-state index in [1.54, 1.807) is 7.11 Å². The summed E-state index contributed by atoms with van der Waals surface area (Å²) in [6.07, 6.45) is 0. The molecule has 0 spiro atoms. The third-order valence-corrected chi connectivity index (χ3v) is 2.97. The zero-order valence-electron chi connectivity index (χ0n) is 9.04. The summed E-state index contributed by atoms with van der Waals surface area (Å²) in [5, 5.41) is 6.90. The predicted molar refractivity (Wildman–Crippen MR) is 67.4 cm³/mol. The number of aromatic amines is 1. The molecule has 1 heterocycles. The molecule has 1 aromatic carbocycles. The Labute approximate surface area is 102 Å². The number of nitrogens with one attached hydrogen (secondary N) is 1. The van der Waals surface area contributed by atoms with Crippen LogP contribution >= 0.6 is 15.9 Å². The van der Waals surface area contributed by atoms with Crippen molar-refractivity contribution in [3.63, 3.8) is 0 Å². The quantitative estimate of drug-likeness (QED) is 0.890. The number of benzene rings is 1. The molecule has 5 heteroatoms. The zero-order valence-corrected chi connectivity index (χ0v) is 10.6. The second-order valence-corrected chi connectivity index (χ2v) is 4.37. The number of anilines is 1. The molecule has 1 aromatic heterocycles. The number of halogens is 1. The maximum atomic E-state index is 5.71. The van der Waals surface area contributed by atoms with Crippen LogP contribution in [0.1, 0.15) is 5.56 Å². The minimum Gasteiger partial charge on any atom is -0.496 e. The van der Waals surface area contributed by atoms with Crippen LogP contribution in [-0.2, 0) is 0 Å². The Kier molecular flexibility index (Phi) is 2.87. The van der Waals surface area contributed by atoms with Crippen LogP contribution in [-0.4, -0.2) is 17.3 Å². The van der Waals surface area contributed by atoms with Crippen LogP contribution in [0.15, 0.2) is 22.7 Å². The Balaban J connectivity index is 2.62. The molecule has 0 radical (unpaired) electrons. The van der Waals surface area contributed by atoms with Gasteiger partial charge in [-0.25, -0.2) is 0 Å². The van der Waals surface area contributed by atoms with Crippen LogP contribution < -0.4 is 10.5 Å². The number of nitrogens with two attached hydrogens (primary N) is 1. The number of ether oxygens (including phenoxy) is 1. The molecule has 0 aliphatic rings. The molecule has 0 aliphatic carbocycles. The van der Waals surface area contributed by atoms with Crippen molar-refractivity contribution in [1.29, 1.82) is 0 Å². The highest BCUT2D eigenvalue weighted by molar-refractivity contribution is 9.10. The molecule has 2 aromatic rings. The molecule has 16 heavy (non-hydrogen) atoms. The molecular formula is C11H12BrN3O. The van der Waals surface area contributed by atoms with Crippen molar-refractivity contribution in [2.24, 2.45) is 0 Å². The predicted octanol–water partition coefficient (Wildman–Crippen LogP) is 2.74. The highest BCUT2D eigenvalue weighted by Gasteiger charge is 2.13. The molecule has 0 bridgehead atoms. The van der Waals surface area contributed by atoms with Crippen molar-refractivity contribution in [2.75, 3.05) is 12.8 Å². The smallest absolute Gasteiger partial charge is 0.148 e. The average molecular weight is 282 g/mol. The van der Waals surface area contributed by atoms with E-state index in [2.05, 4.69) is 26.1 Å². The summed E-state index contributed by atoms with van der Waals surface area (Å²) in [6, 6.07) is 5.80. The standard InChI is InChI=1S/C11H12BrN3O/c1-6-10(14-15-11(6)13)8-5-7(12)3-4-9(8)16-2/h3-5H,1-2H3,(H3,13,14,15). The van der Waals surface area contributed by atoms with Gasteiger partial charge in [0, 0.05) is 15.6 Å². The summed E-state index contributed by atoms with van der Waals surface area (Å²) in [5.41, 5.74) is 8.47. The van der Waals surface area contributed by atoms with Gasteiger partial charge in [0.25, 0.3) is 0 Å². The monoisotopic (exact) mass is 281 g/mol. The van der Waals surface area contributed by atoms with Gasteiger partial charge in [0.15, 0.2) is 0 Å². The second-order valence-electron chi connectivity index (χ2n) is 3.45. The summed E-state index contributed by atoms with van der Waals surface area (Å²) in [6.45, 7) is 1.93. The van der Waals surface area contributed by atoms with E-state index in [4.69, 9.17) is 10.5 Å². The van der Waals surface area contributed by atoms with Gasteiger partial charge >= 0.3 is 0 Å². The average Bonchev–Trinajstić information content (AvgIpc) is 2.60. The van der Waals surface area contributed by atoms with Gasteiger partial charge in [-0.05, 0) is 25.1 Å². The van der Waals surface area contributed by atoms with Crippen LogP contribution in [0.25, 0.3) is 11.3 Å². The van der Waals surface area contributed by atoms with Gasteiger partial charge in [-0.15, -0.1) is 0 Å². The summed E-state index contributed by atoms with van der Waals surface area (Å²) in [7, 11) is 1.64. The van der Waals surface area contributed by atoms with Crippen LogP contribution in [0.4, 0.5) is 5.82 Å². The first kappa shape index (κ1) is 11.0. The van der Waals surface area contributed by atoms with Gasteiger partial charge in [0.05, 0.1) is 12.8 Å². The van der Waals surface area contributed by atoms with E-state index in [0.29, 0.717) is 5.82 Å². The number of hydrogen-bond acceptors (Lipinski definition) is 3. The molecule has 3 N–H and O–H groups in total. The van der Waals surface area contributed by atoms with E-state index in [1.165, 1.54) is 0 Å². The number of rotatable bonds is 2. The van der Waals surface area contributed by atoms with Crippen molar-refractivity contribution < 1.29 is 4.74 Å². The number of nitrogens with zero attached hydrogens (tertiary/aromatic N) is 1. The maximum absolute atomic E-state index is 5.71. The first-order valence-electron chi connectivity index (χ1n) is 4.78. The van der Waals surface area contributed by atoms with E-state index in [0.717, 1.165) is 27.0 Å². The minimum absolute atomic E-state index is 0.511. The number of nitrogen functional groups attached to an aromatic ring is 1. The first-order chi connectivity index (χ1) is 7.63. The van der Waals surface area contributed by atoms with E-state index < -0.39 is 0 Å². The van der Waals surface area contributed by atoms with Crippen molar-refractivity contribution in [3.8, 4) is 17.0 Å². The first-order valence-corrected chi connectivity index (χ1v) is 5.57. The molecule has 0 saturated heterocycles. The van der Waals surface area contributed by atoms with Gasteiger partial charge in [-0.2, -0.15) is 5.10 Å². The molecule has 2 rings (SSSR count). The van der Waals surface area contributed by atoms with Gasteiger partial charge in [0.1, 0.15) is 11.6 Å². The Morgan fingerprint density at radius 2 is 2.19 bits per heavy atom. The van der Waals surface area contributed by atoms with Crippen molar-refractivity contribution in [1.82, 2.24) is 10.2 Å². The number of hydrogen-bond donors (Lipinski definition) is 2.